The highest BCUT2D eigenvalue weighted by molar-refractivity contribution is 5.92. The van der Waals surface area contributed by atoms with Crippen LogP contribution in [0, 0.1) is 18.8 Å². The van der Waals surface area contributed by atoms with Crippen LogP contribution in [0.5, 0.6) is 5.75 Å². The van der Waals surface area contributed by atoms with E-state index in [1.54, 1.807) is 7.11 Å². The fourth-order valence-corrected chi connectivity index (χ4v) is 5.20. The molecule has 0 spiro atoms. The average molecular weight is 422 g/mol. The number of carbonyl (C=O) groups is 1. The van der Waals surface area contributed by atoms with Crippen LogP contribution in [0.4, 0.5) is 5.69 Å². The Morgan fingerprint density at radius 3 is 2.84 bits per heavy atom. The number of benzene rings is 2. The molecule has 3 atom stereocenters. The van der Waals surface area contributed by atoms with Gasteiger partial charge in [-0.3, -0.25) is 9.69 Å². The number of hydrogen-bond acceptors (Lipinski definition) is 4. The number of aryl methyl sites for hydroxylation is 1. The molecule has 5 nitrogen and oxygen atoms in total. The molecule has 2 aliphatic rings. The van der Waals surface area contributed by atoms with Gasteiger partial charge in [-0.25, -0.2) is 0 Å². The summed E-state index contributed by atoms with van der Waals surface area (Å²) in [5, 5.41) is 6.80. The highest BCUT2D eigenvalue weighted by atomic mass is 16.5. The second kappa shape index (κ2) is 10.3. The lowest BCUT2D eigenvalue weighted by Gasteiger charge is -2.46. The van der Waals surface area contributed by atoms with Crippen LogP contribution in [-0.4, -0.2) is 43.6 Å². The van der Waals surface area contributed by atoms with Crippen molar-refractivity contribution in [1.29, 1.82) is 0 Å². The third-order valence-corrected chi connectivity index (χ3v) is 6.68. The zero-order valence-electron chi connectivity index (χ0n) is 18.8. The molecule has 0 aromatic heterocycles. The summed E-state index contributed by atoms with van der Waals surface area (Å²) in [7, 11) is 1.63. The van der Waals surface area contributed by atoms with E-state index in [4.69, 9.17) is 4.74 Å². The van der Waals surface area contributed by atoms with Gasteiger partial charge in [0.2, 0.25) is 5.91 Å². The molecule has 2 saturated heterocycles. The van der Waals surface area contributed by atoms with E-state index in [9.17, 15) is 4.79 Å². The number of fused-ring (bicyclic) bond motifs is 2. The number of nitrogens with one attached hydrogen (secondary N) is 2. The monoisotopic (exact) mass is 421 g/mol. The molecular formula is C26H35N3O2. The molecule has 2 aromatic carbocycles. The summed E-state index contributed by atoms with van der Waals surface area (Å²) in [4.78, 5) is 15.1. The quantitative estimate of drug-likeness (QED) is 0.670. The van der Waals surface area contributed by atoms with Gasteiger partial charge in [-0.1, -0.05) is 36.4 Å². The minimum absolute atomic E-state index is 0.0620. The van der Waals surface area contributed by atoms with Crippen LogP contribution in [0.15, 0.2) is 48.5 Å². The van der Waals surface area contributed by atoms with Crippen LogP contribution in [0.3, 0.4) is 0 Å². The molecule has 0 saturated carbocycles. The summed E-state index contributed by atoms with van der Waals surface area (Å²) in [5.41, 5.74) is 3.26. The average Bonchev–Trinajstić information content (AvgIpc) is 2.76. The molecule has 0 radical (unpaired) electrons. The number of likely N-dealkylation sites (tertiary alicyclic amines) is 1. The molecule has 2 aromatic rings. The van der Waals surface area contributed by atoms with E-state index >= 15 is 0 Å². The molecular weight excluding hydrogens is 386 g/mol. The first kappa shape index (κ1) is 21.8. The van der Waals surface area contributed by atoms with E-state index in [1.807, 2.05) is 25.1 Å². The first-order valence-corrected chi connectivity index (χ1v) is 11.5. The maximum absolute atomic E-state index is 12.5. The van der Waals surface area contributed by atoms with Gasteiger partial charge in [0.25, 0.3) is 0 Å². The van der Waals surface area contributed by atoms with Crippen molar-refractivity contribution in [3.05, 3.63) is 59.7 Å². The Morgan fingerprint density at radius 2 is 2.03 bits per heavy atom. The number of ether oxygens (including phenoxy) is 1. The van der Waals surface area contributed by atoms with Crippen molar-refractivity contribution >= 4 is 11.6 Å². The summed E-state index contributed by atoms with van der Waals surface area (Å²) >= 11 is 0. The molecule has 0 aliphatic carbocycles. The Morgan fingerprint density at radius 1 is 1.19 bits per heavy atom. The van der Waals surface area contributed by atoms with Gasteiger partial charge in [-0.05, 0) is 67.8 Å². The van der Waals surface area contributed by atoms with Crippen LogP contribution in [0.2, 0.25) is 0 Å². The SMILES string of the molecule is COc1ccc(C)cc1NC(=O)CCC[C@H]1NC[C@@H]2C[C@H]1CN(Cc1ccccc1)C2. The van der Waals surface area contributed by atoms with E-state index in [2.05, 4.69) is 45.9 Å². The van der Waals surface area contributed by atoms with Crippen molar-refractivity contribution in [3.8, 4) is 5.75 Å². The maximum atomic E-state index is 12.5. The van der Waals surface area contributed by atoms with E-state index in [0.717, 1.165) is 49.6 Å². The lowest BCUT2D eigenvalue weighted by atomic mass is 9.79. The Labute approximate surface area is 186 Å². The Balaban J connectivity index is 1.25. The highest BCUT2D eigenvalue weighted by Crippen LogP contribution is 2.31. The lowest BCUT2D eigenvalue weighted by molar-refractivity contribution is -0.116. The number of piperidine rings is 2. The predicted molar refractivity (Wildman–Crippen MR) is 125 cm³/mol. The van der Waals surface area contributed by atoms with Crippen LogP contribution < -0.4 is 15.4 Å². The smallest absolute Gasteiger partial charge is 0.224 e. The van der Waals surface area contributed by atoms with Crippen molar-refractivity contribution in [1.82, 2.24) is 10.2 Å². The molecule has 2 N–H and O–H groups in total. The summed E-state index contributed by atoms with van der Waals surface area (Å²) in [5.74, 6) is 2.19. The number of methoxy groups -OCH3 is 1. The second-order valence-corrected chi connectivity index (χ2v) is 9.20. The van der Waals surface area contributed by atoms with Crippen molar-refractivity contribution in [3.63, 3.8) is 0 Å². The summed E-state index contributed by atoms with van der Waals surface area (Å²) < 4.78 is 5.37. The Bertz CT molecular complexity index is 870. The molecule has 2 bridgehead atoms. The minimum atomic E-state index is 0.0620. The van der Waals surface area contributed by atoms with Gasteiger partial charge < -0.3 is 15.4 Å². The zero-order chi connectivity index (χ0) is 21.6. The van der Waals surface area contributed by atoms with E-state index in [1.165, 1.54) is 18.5 Å². The van der Waals surface area contributed by atoms with Gasteiger partial charge in [0.1, 0.15) is 5.75 Å². The molecule has 4 rings (SSSR count). The van der Waals surface area contributed by atoms with E-state index in [0.29, 0.717) is 24.1 Å². The molecule has 31 heavy (non-hydrogen) atoms. The van der Waals surface area contributed by atoms with E-state index < -0.39 is 0 Å². The zero-order valence-corrected chi connectivity index (χ0v) is 18.8. The molecule has 2 fully saturated rings. The lowest BCUT2D eigenvalue weighted by Crippen LogP contribution is -2.55. The van der Waals surface area contributed by atoms with Gasteiger partial charge in [-0.15, -0.1) is 0 Å². The molecule has 5 heteroatoms. The number of nitrogens with zero attached hydrogens (tertiary/aromatic N) is 1. The molecule has 2 heterocycles. The topological polar surface area (TPSA) is 53.6 Å². The minimum Gasteiger partial charge on any atom is -0.495 e. The summed E-state index contributed by atoms with van der Waals surface area (Å²) in [6.07, 6.45) is 3.81. The molecule has 2 aliphatic heterocycles. The first-order chi connectivity index (χ1) is 15.1. The fourth-order valence-electron chi connectivity index (χ4n) is 5.20. The predicted octanol–water partition coefficient (Wildman–Crippen LogP) is 4.22. The van der Waals surface area contributed by atoms with E-state index in [-0.39, 0.29) is 5.91 Å². The summed E-state index contributed by atoms with van der Waals surface area (Å²) in [6.45, 7) is 6.49. The fraction of sp³-hybridized carbons (Fsp3) is 0.500. The van der Waals surface area contributed by atoms with Crippen LogP contribution in [0.25, 0.3) is 0 Å². The van der Waals surface area contributed by atoms with Crippen LogP contribution >= 0.6 is 0 Å². The van der Waals surface area contributed by atoms with Crippen molar-refractivity contribution in [2.45, 2.75) is 45.2 Å². The number of rotatable bonds is 8. The standard InChI is InChI=1S/C26H35N3O2/c1-19-11-12-25(31-2)24(13-19)28-26(30)10-6-9-23-22-14-21(15-27-23)17-29(18-22)16-20-7-4-3-5-8-20/h3-5,7-8,11-13,21-23,27H,6,9-10,14-18H2,1-2H3,(H,28,30)/t21-,22-,23+/m0/s1. The normalized spacial score (nSPS) is 23.4. The third-order valence-electron chi connectivity index (χ3n) is 6.68. The van der Waals surface area contributed by atoms with Gasteiger partial charge in [0.15, 0.2) is 0 Å². The first-order valence-electron chi connectivity index (χ1n) is 11.5. The molecule has 166 valence electrons. The van der Waals surface area contributed by atoms with Gasteiger partial charge in [-0.2, -0.15) is 0 Å². The van der Waals surface area contributed by atoms with Gasteiger partial charge in [0.05, 0.1) is 12.8 Å². The highest BCUT2D eigenvalue weighted by Gasteiger charge is 2.36. The van der Waals surface area contributed by atoms with Crippen LogP contribution in [-0.2, 0) is 11.3 Å². The number of hydrogen-bond donors (Lipinski definition) is 2. The second-order valence-electron chi connectivity index (χ2n) is 9.20. The van der Waals surface area contributed by atoms with Crippen molar-refractivity contribution in [2.75, 3.05) is 32.1 Å². The summed E-state index contributed by atoms with van der Waals surface area (Å²) in [6, 6.07) is 17.1. The molecule has 1 amide bonds. The maximum Gasteiger partial charge on any atom is 0.224 e. The largest absolute Gasteiger partial charge is 0.495 e. The number of carbonyl (C=O) groups excluding carboxylic acids is 1. The van der Waals surface area contributed by atoms with Crippen molar-refractivity contribution in [2.24, 2.45) is 11.8 Å². The Hall–Kier alpha value is -2.37. The van der Waals surface area contributed by atoms with Gasteiger partial charge in [0, 0.05) is 32.1 Å². The number of anilines is 1. The third kappa shape index (κ3) is 5.86. The molecule has 0 unspecified atom stereocenters. The van der Waals surface area contributed by atoms with Gasteiger partial charge >= 0.3 is 0 Å². The Kier molecular flexibility index (Phi) is 7.25. The van der Waals surface area contributed by atoms with Crippen LogP contribution in [0.1, 0.15) is 36.8 Å². The number of amides is 1. The van der Waals surface area contributed by atoms with Crippen molar-refractivity contribution < 1.29 is 9.53 Å².